The first-order valence-corrected chi connectivity index (χ1v) is 11.2. The van der Waals surface area contributed by atoms with Crippen molar-refractivity contribution in [2.75, 3.05) is 13.1 Å². The number of nitrogens with one attached hydrogen (secondary N) is 1. The predicted octanol–water partition coefficient (Wildman–Crippen LogP) is 4.78. The topological polar surface area (TPSA) is 32.3 Å². The Bertz CT molecular complexity index is 845. The number of rotatable bonds is 7. The number of halogens is 3. The summed E-state index contributed by atoms with van der Waals surface area (Å²) in [6, 6.07) is 5.72. The molecule has 4 unspecified atom stereocenters. The van der Waals surface area contributed by atoms with E-state index in [0.29, 0.717) is 42.3 Å². The van der Waals surface area contributed by atoms with Gasteiger partial charge < -0.3 is 10.2 Å². The van der Waals surface area contributed by atoms with E-state index >= 15 is 0 Å². The number of benzene rings is 1. The van der Waals surface area contributed by atoms with Crippen LogP contribution in [0.4, 0.5) is 13.2 Å². The third-order valence-electron chi connectivity index (χ3n) is 7.97. The third kappa shape index (κ3) is 3.57. The van der Waals surface area contributed by atoms with Crippen LogP contribution in [-0.2, 0) is 17.5 Å². The molecule has 4 aliphatic rings. The lowest BCUT2D eigenvalue weighted by Gasteiger charge is -2.30. The van der Waals surface area contributed by atoms with Crippen LogP contribution >= 0.6 is 0 Å². The van der Waals surface area contributed by atoms with Crippen LogP contribution in [0.25, 0.3) is 0 Å². The molecule has 3 nitrogen and oxygen atoms in total. The minimum absolute atomic E-state index is 0.254. The maximum Gasteiger partial charge on any atom is 0.416 e. The van der Waals surface area contributed by atoms with Gasteiger partial charge in [0.15, 0.2) is 0 Å². The zero-order chi connectivity index (χ0) is 20.9. The summed E-state index contributed by atoms with van der Waals surface area (Å²) in [6.07, 6.45) is 6.82. The van der Waals surface area contributed by atoms with Crippen LogP contribution in [0.15, 0.2) is 36.4 Å². The number of allylic oxidation sites excluding steroid dienone is 2. The largest absolute Gasteiger partial charge is 0.416 e. The Kier molecular flexibility index (Phi) is 4.96. The molecule has 1 aliphatic heterocycles. The maximum absolute atomic E-state index is 12.9. The lowest BCUT2D eigenvalue weighted by molar-refractivity contribution is -0.137. The monoisotopic (exact) mass is 418 g/mol. The SMILES string of the molecule is O=C1CCC(CCNCc2cccc(C(F)(F)F)c2)N1CC1CC2C=CC1C21CC1. The summed E-state index contributed by atoms with van der Waals surface area (Å²) in [5.74, 6) is 2.27. The lowest BCUT2D eigenvalue weighted by atomic mass is 9.88. The summed E-state index contributed by atoms with van der Waals surface area (Å²) in [5, 5.41) is 3.27. The fourth-order valence-electron chi connectivity index (χ4n) is 6.29. The summed E-state index contributed by atoms with van der Waals surface area (Å²) in [4.78, 5) is 14.6. The molecule has 1 aromatic rings. The Morgan fingerprint density at radius 2 is 2.03 bits per heavy atom. The highest BCUT2D eigenvalue weighted by molar-refractivity contribution is 5.78. The number of likely N-dealkylation sites (tertiary alicyclic amines) is 1. The molecule has 5 rings (SSSR count). The van der Waals surface area contributed by atoms with Crippen LogP contribution in [-0.4, -0.2) is 29.9 Å². The van der Waals surface area contributed by atoms with Crippen LogP contribution in [0, 0.1) is 23.2 Å². The number of hydrogen-bond acceptors (Lipinski definition) is 2. The predicted molar refractivity (Wildman–Crippen MR) is 108 cm³/mol. The number of hydrogen-bond donors (Lipinski definition) is 1. The number of nitrogens with zero attached hydrogens (tertiary/aromatic N) is 1. The Morgan fingerprint density at radius 1 is 1.20 bits per heavy atom. The van der Waals surface area contributed by atoms with Gasteiger partial charge in [-0.1, -0.05) is 30.4 Å². The number of alkyl halides is 3. The molecule has 1 aromatic carbocycles. The van der Waals surface area contributed by atoms with Crippen molar-refractivity contribution < 1.29 is 18.0 Å². The average Bonchev–Trinajstić information content (AvgIpc) is 3.26. The van der Waals surface area contributed by atoms with Crippen LogP contribution < -0.4 is 5.32 Å². The van der Waals surface area contributed by atoms with Crippen LogP contribution in [0.1, 0.15) is 49.7 Å². The highest BCUT2D eigenvalue weighted by Crippen LogP contribution is 2.70. The number of amides is 1. The van der Waals surface area contributed by atoms with Crippen LogP contribution in [0.5, 0.6) is 0 Å². The molecule has 0 aromatic heterocycles. The standard InChI is InChI=1S/C24H29F3N2O/c25-24(26,27)19-3-1-2-16(12-19)14-28-11-8-20-5-7-22(30)29(20)15-17-13-18-4-6-21(17)23(18)9-10-23/h1-4,6,12,17-18,20-21,28H,5,7-11,13-15H2. The summed E-state index contributed by atoms with van der Waals surface area (Å²) < 4.78 is 38.6. The average molecular weight is 419 g/mol. The van der Waals surface area contributed by atoms with Gasteiger partial charge in [0.05, 0.1) is 5.56 Å². The van der Waals surface area contributed by atoms with E-state index in [9.17, 15) is 18.0 Å². The normalized spacial score (nSPS) is 31.3. The molecule has 3 aliphatic carbocycles. The third-order valence-corrected chi connectivity index (χ3v) is 7.97. The van der Waals surface area contributed by atoms with Gasteiger partial charge in [0.1, 0.15) is 0 Å². The molecule has 0 radical (unpaired) electrons. The van der Waals surface area contributed by atoms with Crippen molar-refractivity contribution in [1.82, 2.24) is 10.2 Å². The zero-order valence-electron chi connectivity index (χ0n) is 17.1. The van der Waals surface area contributed by atoms with Crippen molar-refractivity contribution in [1.29, 1.82) is 0 Å². The highest BCUT2D eigenvalue weighted by atomic mass is 19.4. The first-order valence-electron chi connectivity index (χ1n) is 11.2. The second-order valence-corrected chi connectivity index (χ2v) is 9.65. The van der Waals surface area contributed by atoms with E-state index < -0.39 is 11.7 Å². The van der Waals surface area contributed by atoms with Gasteiger partial charge in [-0.25, -0.2) is 0 Å². The number of carbonyl (C=O) groups excluding carboxylic acids is 1. The van der Waals surface area contributed by atoms with E-state index in [1.54, 1.807) is 6.07 Å². The van der Waals surface area contributed by atoms with Crippen LogP contribution in [0.3, 0.4) is 0 Å². The Hall–Kier alpha value is -1.82. The molecule has 30 heavy (non-hydrogen) atoms. The lowest BCUT2D eigenvalue weighted by Crippen LogP contribution is -2.39. The first kappa shape index (κ1) is 20.1. The van der Waals surface area contributed by atoms with Crippen molar-refractivity contribution >= 4 is 5.91 Å². The Labute approximate surface area is 175 Å². The molecule has 1 N–H and O–H groups in total. The van der Waals surface area contributed by atoms with Crippen molar-refractivity contribution in [2.45, 2.75) is 57.3 Å². The smallest absolute Gasteiger partial charge is 0.339 e. The van der Waals surface area contributed by atoms with E-state index in [1.165, 1.54) is 31.4 Å². The van der Waals surface area contributed by atoms with Gasteiger partial charge >= 0.3 is 6.18 Å². The van der Waals surface area contributed by atoms with E-state index in [4.69, 9.17) is 0 Å². The molecule has 1 saturated heterocycles. The molecule has 2 bridgehead atoms. The van der Waals surface area contributed by atoms with Crippen molar-refractivity contribution in [3.8, 4) is 0 Å². The molecule has 1 heterocycles. The Balaban J connectivity index is 1.12. The fourth-order valence-corrected chi connectivity index (χ4v) is 6.29. The minimum atomic E-state index is -4.31. The second-order valence-electron chi connectivity index (χ2n) is 9.65. The van der Waals surface area contributed by atoms with Crippen molar-refractivity contribution in [3.05, 3.63) is 47.5 Å². The van der Waals surface area contributed by atoms with Crippen molar-refractivity contribution in [3.63, 3.8) is 0 Å². The number of carbonyl (C=O) groups is 1. The molecule has 1 spiro atoms. The van der Waals surface area contributed by atoms with Gasteiger partial charge in [0.2, 0.25) is 5.91 Å². The fraction of sp³-hybridized carbons (Fsp3) is 0.625. The van der Waals surface area contributed by atoms with Crippen molar-refractivity contribution in [2.24, 2.45) is 23.2 Å². The molecule has 3 fully saturated rings. The molecule has 2 saturated carbocycles. The molecule has 4 atom stereocenters. The Morgan fingerprint density at radius 3 is 2.77 bits per heavy atom. The molecule has 1 amide bonds. The summed E-state index contributed by atoms with van der Waals surface area (Å²) >= 11 is 0. The van der Waals surface area contributed by atoms with Crippen LogP contribution in [0.2, 0.25) is 0 Å². The maximum atomic E-state index is 12.9. The summed E-state index contributed by atoms with van der Waals surface area (Å²) in [6.45, 7) is 1.99. The van der Waals surface area contributed by atoms with E-state index in [2.05, 4.69) is 22.4 Å². The highest BCUT2D eigenvalue weighted by Gasteiger charge is 2.62. The van der Waals surface area contributed by atoms with E-state index in [-0.39, 0.29) is 11.9 Å². The first-order chi connectivity index (χ1) is 14.4. The van der Waals surface area contributed by atoms with E-state index in [1.807, 2.05) is 0 Å². The molecular weight excluding hydrogens is 389 g/mol. The molecular formula is C24H29F3N2O. The quantitative estimate of drug-likeness (QED) is 0.511. The minimum Gasteiger partial charge on any atom is -0.339 e. The molecule has 6 heteroatoms. The summed E-state index contributed by atoms with van der Waals surface area (Å²) in [5.41, 5.74) is 0.575. The van der Waals surface area contributed by atoms with Gasteiger partial charge in [-0.15, -0.1) is 0 Å². The van der Waals surface area contributed by atoms with Gasteiger partial charge in [0.25, 0.3) is 0 Å². The van der Waals surface area contributed by atoms with Gasteiger partial charge in [-0.2, -0.15) is 13.2 Å². The second kappa shape index (κ2) is 7.40. The zero-order valence-corrected chi connectivity index (χ0v) is 17.1. The van der Waals surface area contributed by atoms with Gasteiger partial charge in [-0.3, -0.25) is 4.79 Å². The summed E-state index contributed by atoms with van der Waals surface area (Å²) in [7, 11) is 0. The van der Waals surface area contributed by atoms with Gasteiger partial charge in [-0.05, 0) is 73.4 Å². The van der Waals surface area contributed by atoms with Gasteiger partial charge in [0, 0.05) is 25.6 Å². The van der Waals surface area contributed by atoms with E-state index in [0.717, 1.165) is 31.4 Å². The molecule has 162 valence electrons.